The van der Waals surface area contributed by atoms with Gasteiger partial charge in [-0.1, -0.05) is 72.8 Å². The zero-order chi connectivity index (χ0) is 28.2. The van der Waals surface area contributed by atoms with E-state index in [0.717, 1.165) is 56.3 Å². The van der Waals surface area contributed by atoms with E-state index in [1.165, 1.54) is 10.8 Å². The Morgan fingerprint density at radius 3 is 1.98 bits per heavy atom. The predicted octanol–water partition coefficient (Wildman–Crippen LogP) is 7.07. The third kappa shape index (κ3) is 4.03. The van der Waals surface area contributed by atoms with E-state index in [2.05, 4.69) is 108 Å². The van der Waals surface area contributed by atoms with Crippen LogP contribution in [0.1, 0.15) is 5.69 Å². The van der Waals surface area contributed by atoms with E-state index < -0.39 is 0 Å². The molecule has 0 spiro atoms. The van der Waals surface area contributed by atoms with Crippen LogP contribution in [0.5, 0.6) is 0 Å². The van der Waals surface area contributed by atoms with Crippen molar-refractivity contribution in [2.75, 3.05) is 7.05 Å². The molecule has 6 aromatic rings. The standard InChI is InChI=1S/C36H28N6/c1-41-33-9-5-3-7-29(33)39-35(41)31-17-15-26(21-37-31)24-13-11-23-12-14-25(20-28(23)19-24)27-16-18-32(38-22-27)36-40-30-8-4-6-10-34(30)42(36)2/h3-22,29,33H,1-2H3. The average Bonchev–Trinajstić information content (AvgIpc) is 3.57. The number of hydrogen-bond acceptors (Lipinski definition) is 5. The summed E-state index contributed by atoms with van der Waals surface area (Å²) in [5, 5.41) is 2.37. The van der Waals surface area contributed by atoms with Crippen LogP contribution < -0.4 is 0 Å². The Hall–Kier alpha value is -5.36. The topological polar surface area (TPSA) is 59.2 Å². The number of amidine groups is 1. The van der Waals surface area contributed by atoms with Gasteiger partial charge in [-0.25, -0.2) is 4.98 Å². The highest BCUT2D eigenvalue weighted by atomic mass is 15.3. The second kappa shape index (κ2) is 9.63. The van der Waals surface area contributed by atoms with Crippen LogP contribution in [0, 0.1) is 0 Å². The van der Waals surface area contributed by atoms with Crippen molar-refractivity contribution in [3.63, 3.8) is 0 Å². The maximum atomic E-state index is 4.91. The van der Waals surface area contributed by atoms with E-state index in [4.69, 9.17) is 19.9 Å². The molecule has 0 radical (unpaired) electrons. The molecule has 3 aromatic heterocycles. The smallest absolute Gasteiger partial charge is 0.159 e. The third-order valence-corrected chi connectivity index (χ3v) is 8.41. The van der Waals surface area contributed by atoms with Crippen LogP contribution in [0.2, 0.25) is 0 Å². The first-order valence-electron chi connectivity index (χ1n) is 14.2. The van der Waals surface area contributed by atoms with Crippen LogP contribution in [-0.2, 0) is 7.05 Å². The number of allylic oxidation sites excluding steroid dienone is 2. The number of benzene rings is 3. The minimum atomic E-state index is 0.160. The number of aliphatic imine (C=N–C) groups is 1. The van der Waals surface area contributed by atoms with E-state index in [1.54, 1.807) is 0 Å². The van der Waals surface area contributed by atoms with E-state index in [9.17, 15) is 0 Å². The molecule has 8 rings (SSSR count). The Morgan fingerprint density at radius 1 is 0.643 bits per heavy atom. The number of likely N-dealkylation sites (N-methyl/N-ethyl adjacent to an activating group) is 1. The molecule has 0 saturated carbocycles. The molecule has 42 heavy (non-hydrogen) atoms. The number of aromatic nitrogens is 4. The van der Waals surface area contributed by atoms with Gasteiger partial charge in [-0.15, -0.1) is 0 Å². The molecule has 0 saturated heterocycles. The van der Waals surface area contributed by atoms with E-state index in [-0.39, 0.29) is 12.1 Å². The summed E-state index contributed by atoms with van der Waals surface area (Å²) < 4.78 is 2.09. The maximum absolute atomic E-state index is 4.91. The van der Waals surface area contributed by atoms with E-state index in [0.29, 0.717) is 0 Å². The molecule has 0 amide bonds. The zero-order valence-electron chi connectivity index (χ0n) is 23.4. The van der Waals surface area contributed by atoms with Gasteiger partial charge in [-0.05, 0) is 58.3 Å². The monoisotopic (exact) mass is 544 g/mol. The average molecular weight is 545 g/mol. The lowest BCUT2D eigenvalue weighted by atomic mass is 9.98. The second-order valence-corrected chi connectivity index (χ2v) is 10.9. The number of pyridine rings is 2. The van der Waals surface area contributed by atoms with Gasteiger partial charge >= 0.3 is 0 Å². The summed E-state index contributed by atoms with van der Waals surface area (Å²) in [6, 6.07) is 30.1. The Balaban J connectivity index is 1.07. The van der Waals surface area contributed by atoms with Gasteiger partial charge < -0.3 is 9.47 Å². The van der Waals surface area contributed by atoms with Crippen molar-refractivity contribution in [1.29, 1.82) is 0 Å². The van der Waals surface area contributed by atoms with Gasteiger partial charge in [0.25, 0.3) is 0 Å². The number of rotatable bonds is 4. The maximum Gasteiger partial charge on any atom is 0.159 e. The minimum Gasteiger partial charge on any atom is -0.349 e. The predicted molar refractivity (Wildman–Crippen MR) is 170 cm³/mol. The normalized spacial score (nSPS) is 17.7. The summed E-state index contributed by atoms with van der Waals surface area (Å²) in [5.41, 5.74) is 8.25. The largest absolute Gasteiger partial charge is 0.349 e. The van der Waals surface area contributed by atoms with Crippen molar-refractivity contribution in [2.45, 2.75) is 12.1 Å². The summed E-state index contributed by atoms with van der Waals surface area (Å²) in [6.07, 6.45) is 12.4. The summed E-state index contributed by atoms with van der Waals surface area (Å²) >= 11 is 0. The summed E-state index contributed by atoms with van der Waals surface area (Å²) in [4.78, 5) is 21.5. The number of aryl methyl sites for hydroxylation is 1. The van der Waals surface area contributed by atoms with Crippen molar-refractivity contribution in [1.82, 2.24) is 24.4 Å². The second-order valence-electron chi connectivity index (χ2n) is 10.9. The highest BCUT2D eigenvalue weighted by Crippen LogP contribution is 2.30. The van der Waals surface area contributed by atoms with Crippen LogP contribution in [0.25, 0.3) is 55.6 Å². The van der Waals surface area contributed by atoms with Crippen LogP contribution in [0.3, 0.4) is 0 Å². The molecule has 0 bridgehead atoms. The van der Waals surface area contributed by atoms with Crippen LogP contribution in [0.15, 0.2) is 127 Å². The Morgan fingerprint density at radius 2 is 1.31 bits per heavy atom. The van der Waals surface area contributed by atoms with Crippen molar-refractivity contribution in [2.24, 2.45) is 12.0 Å². The Kier molecular flexibility index (Phi) is 5.60. The third-order valence-electron chi connectivity index (χ3n) is 8.41. The SMILES string of the molecule is CN1C(c2ccc(-c3ccc4ccc(-c5ccc(-c6nc7ccccc7n6C)nc5)cc4c3)cn2)=NC2C=CC=CC21. The van der Waals surface area contributed by atoms with Crippen LogP contribution in [-0.4, -0.2) is 49.4 Å². The molecule has 6 nitrogen and oxygen atoms in total. The Labute approximate surface area is 244 Å². The van der Waals surface area contributed by atoms with Crippen molar-refractivity contribution < 1.29 is 0 Å². The first kappa shape index (κ1) is 24.4. The van der Waals surface area contributed by atoms with Crippen molar-refractivity contribution in [3.8, 4) is 33.8 Å². The van der Waals surface area contributed by atoms with Gasteiger partial charge in [0.2, 0.25) is 0 Å². The molecular formula is C36H28N6. The number of hydrogen-bond donors (Lipinski definition) is 0. The fourth-order valence-corrected chi connectivity index (χ4v) is 6.06. The molecule has 1 aliphatic heterocycles. The summed E-state index contributed by atoms with van der Waals surface area (Å²) in [5.74, 6) is 1.80. The van der Waals surface area contributed by atoms with Gasteiger partial charge in [0.15, 0.2) is 11.7 Å². The summed E-state index contributed by atoms with van der Waals surface area (Å²) in [7, 11) is 4.12. The zero-order valence-corrected chi connectivity index (χ0v) is 23.4. The fourth-order valence-electron chi connectivity index (χ4n) is 6.06. The molecule has 4 heterocycles. The lowest BCUT2D eigenvalue weighted by Crippen LogP contribution is -2.35. The van der Waals surface area contributed by atoms with E-state index >= 15 is 0 Å². The lowest BCUT2D eigenvalue weighted by Gasteiger charge is -2.23. The Bertz CT molecular complexity index is 2070. The number of para-hydroxylation sites is 2. The molecule has 6 heteroatoms. The number of imidazole rings is 1. The molecule has 2 atom stereocenters. The highest BCUT2D eigenvalue weighted by molar-refractivity contribution is 5.99. The van der Waals surface area contributed by atoms with Gasteiger partial charge in [0.1, 0.15) is 11.4 Å². The molecular weight excluding hydrogens is 516 g/mol. The van der Waals surface area contributed by atoms with Gasteiger partial charge in [0, 0.05) is 37.6 Å². The molecule has 2 aliphatic rings. The first-order valence-corrected chi connectivity index (χ1v) is 14.2. The molecule has 3 aromatic carbocycles. The van der Waals surface area contributed by atoms with E-state index in [1.807, 2.05) is 37.6 Å². The molecule has 0 N–H and O–H groups in total. The van der Waals surface area contributed by atoms with Crippen molar-refractivity contribution in [3.05, 3.63) is 127 Å². The number of fused-ring (bicyclic) bond motifs is 3. The van der Waals surface area contributed by atoms with Gasteiger partial charge in [-0.2, -0.15) is 0 Å². The van der Waals surface area contributed by atoms with Crippen LogP contribution in [0.4, 0.5) is 0 Å². The van der Waals surface area contributed by atoms with Crippen molar-refractivity contribution >= 4 is 27.6 Å². The van der Waals surface area contributed by atoms with Crippen LogP contribution >= 0.6 is 0 Å². The molecule has 1 aliphatic carbocycles. The highest BCUT2D eigenvalue weighted by Gasteiger charge is 2.32. The first-order chi connectivity index (χ1) is 20.6. The quantitative estimate of drug-likeness (QED) is 0.238. The lowest BCUT2D eigenvalue weighted by molar-refractivity contribution is 0.437. The van der Waals surface area contributed by atoms with Gasteiger partial charge in [0.05, 0.1) is 23.1 Å². The molecule has 2 unspecified atom stereocenters. The van der Waals surface area contributed by atoms with Gasteiger partial charge in [-0.3, -0.25) is 15.0 Å². The molecule has 202 valence electrons. The minimum absolute atomic E-state index is 0.160. The number of nitrogens with zero attached hydrogens (tertiary/aromatic N) is 6. The molecule has 0 fully saturated rings. The fraction of sp³-hybridized carbons (Fsp3) is 0.111. The summed E-state index contributed by atoms with van der Waals surface area (Å²) in [6.45, 7) is 0.